The van der Waals surface area contributed by atoms with E-state index in [1.807, 2.05) is 0 Å². The molecule has 0 saturated carbocycles. The summed E-state index contributed by atoms with van der Waals surface area (Å²) in [4.78, 5) is 10.5. The van der Waals surface area contributed by atoms with Crippen LogP contribution in [0.25, 0.3) is 0 Å². The maximum absolute atomic E-state index is 10.5. The van der Waals surface area contributed by atoms with Crippen molar-refractivity contribution in [3.05, 3.63) is 27.2 Å². The van der Waals surface area contributed by atoms with Crippen molar-refractivity contribution in [3.63, 3.8) is 0 Å². The highest BCUT2D eigenvalue weighted by atomic mass is 35.5. The van der Waals surface area contributed by atoms with Crippen LogP contribution in [0.15, 0.2) is 16.5 Å². The summed E-state index contributed by atoms with van der Waals surface area (Å²) in [5.74, 6) is -0.977. The lowest BCUT2D eigenvalue weighted by molar-refractivity contribution is -0.133. The van der Waals surface area contributed by atoms with Crippen molar-refractivity contribution in [2.45, 2.75) is 4.34 Å². The van der Waals surface area contributed by atoms with Gasteiger partial charge in [0.15, 0.2) is 4.34 Å². The normalized spacial score (nSPS) is 10.6. The largest absolute Gasteiger partial charge is 0.481 e. The molecule has 0 saturated heterocycles. The summed E-state index contributed by atoms with van der Waals surface area (Å²) in [7, 11) is 0. The fourth-order valence-electron chi connectivity index (χ4n) is 1.18. The van der Waals surface area contributed by atoms with Crippen LogP contribution in [-0.4, -0.2) is 27.0 Å². The van der Waals surface area contributed by atoms with Gasteiger partial charge < -0.3 is 10.4 Å². The Morgan fingerprint density at radius 1 is 1.25 bits per heavy atom. The zero-order chi connectivity index (χ0) is 14.7. The molecule has 0 fully saturated rings. The quantitative estimate of drug-likeness (QED) is 0.599. The van der Waals surface area contributed by atoms with Crippen molar-refractivity contribution in [3.8, 4) is 0 Å². The first kappa shape index (κ1) is 15.7. The van der Waals surface area contributed by atoms with Crippen molar-refractivity contribution in [2.75, 3.05) is 11.1 Å². The first-order chi connectivity index (χ1) is 9.45. The van der Waals surface area contributed by atoms with E-state index in [-0.39, 0.29) is 5.75 Å². The molecule has 0 aliphatic heterocycles. The van der Waals surface area contributed by atoms with E-state index in [1.165, 1.54) is 17.4 Å². The lowest BCUT2D eigenvalue weighted by Crippen LogP contribution is -1.96. The minimum atomic E-state index is -0.910. The van der Waals surface area contributed by atoms with Gasteiger partial charge in [0.1, 0.15) is 0 Å². The van der Waals surface area contributed by atoms with E-state index in [4.69, 9.17) is 39.9 Å². The molecule has 2 rings (SSSR count). The first-order valence-corrected chi connectivity index (χ1v) is 7.99. The van der Waals surface area contributed by atoms with Crippen LogP contribution in [0.5, 0.6) is 0 Å². The Labute approximate surface area is 137 Å². The number of halogens is 3. The molecular weight excluding hydrogens is 365 g/mol. The average Bonchev–Trinajstić information content (AvgIpc) is 2.81. The Morgan fingerprint density at radius 3 is 2.65 bits per heavy atom. The van der Waals surface area contributed by atoms with E-state index < -0.39 is 5.97 Å². The number of thioether (sulfide) groups is 1. The van der Waals surface area contributed by atoms with Gasteiger partial charge in [-0.3, -0.25) is 4.79 Å². The topological polar surface area (TPSA) is 75.1 Å². The zero-order valence-electron chi connectivity index (χ0n) is 9.56. The van der Waals surface area contributed by atoms with Gasteiger partial charge in [0.05, 0.1) is 26.5 Å². The minimum absolute atomic E-state index is 0.0673. The number of carboxylic acids is 1. The van der Waals surface area contributed by atoms with Crippen molar-refractivity contribution in [2.24, 2.45) is 0 Å². The summed E-state index contributed by atoms with van der Waals surface area (Å²) < 4.78 is 0.547. The van der Waals surface area contributed by atoms with Gasteiger partial charge >= 0.3 is 5.97 Å². The third kappa shape index (κ3) is 4.13. The number of aromatic nitrogens is 2. The fraction of sp³-hybridized carbons (Fsp3) is 0.100. The van der Waals surface area contributed by atoms with Crippen LogP contribution in [0.3, 0.4) is 0 Å². The number of nitrogens with zero attached hydrogens (tertiary/aromatic N) is 2. The Morgan fingerprint density at radius 2 is 1.95 bits per heavy atom. The summed E-state index contributed by atoms with van der Waals surface area (Å²) in [6.45, 7) is 0. The lowest BCUT2D eigenvalue weighted by atomic mass is 10.3. The second-order valence-corrected chi connectivity index (χ2v) is 6.85. The molecule has 5 nitrogen and oxygen atoms in total. The number of anilines is 2. The Bertz CT molecular complexity index is 651. The van der Waals surface area contributed by atoms with Crippen LogP contribution in [-0.2, 0) is 4.79 Å². The van der Waals surface area contributed by atoms with Gasteiger partial charge in [-0.15, -0.1) is 10.2 Å². The number of benzene rings is 1. The molecule has 0 radical (unpaired) electrons. The number of rotatable bonds is 5. The van der Waals surface area contributed by atoms with Gasteiger partial charge in [-0.1, -0.05) is 57.9 Å². The molecule has 10 heteroatoms. The Kier molecular flexibility index (Phi) is 5.34. The lowest BCUT2D eigenvalue weighted by Gasteiger charge is -2.06. The van der Waals surface area contributed by atoms with Crippen molar-refractivity contribution >= 4 is 74.7 Å². The van der Waals surface area contributed by atoms with Gasteiger partial charge in [-0.05, 0) is 12.1 Å². The molecule has 20 heavy (non-hydrogen) atoms. The summed E-state index contributed by atoms with van der Waals surface area (Å²) in [5.41, 5.74) is 0.548. The highest BCUT2D eigenvalue weighted by molar-refractivity contribution is 8.01. The third-order valence-electron chi connectivity index (χ3n) is 1.98. The molecule has 0 unspecified atom stereocenters. The summed E-state index contributed by atoms with van der Waals surface area (Å²) in [5, 5.41) is 20.9. The van der Waals surface area contributed by atoms with E-state index in [1.54, 1.807) is 6.07 Å². The van der Waals surface area contributed by atoms with Crippen LogP contribution >= 0.6 is 57.9 Å². The van der Waals surface area contributed by atoms with Gasteiger partial charge in [0.25, 0.3) is 0 Å². The molecule has 1 aromatic carbocycles. The number of carbonyl (C=O) groups is 1. The van der Waals surface area contributed by atoms with E-state index in [2.05, 4.69) is 15.5 Å². The molecule has 2 aromatic rings. The molecule has 0 atom stereocenters. The van der Waals surface area contributed by atoms with Gasteiger partial charge in [-0.2, -0.15) is 0 Å². The summed E-state index contributed by atoms with van der Waals surface area (Å²) in [6.07, 6.45) is 0. The summed E-state index contributed by atoms with van der Waals surface area (Å²) >= 11 is 20.1. The highest BCUT2D eigenvalue weighted by Crippen LogP contribution is 2.35. The SMILES string of the molecule is O=C(O)CSc1nnc(Nc2cc(Cl)c(Cl)cc2Cl)s1. The molecule has 1 aromatic heterocycles. The second-order valence-electron chi connectivity index (χ2n) is 3.43. The zero-order valence-corrected chi connectivity index (χ0v) is 13.5. The van der Waals surface area contributed by atoms with Gasteiger partial charge in [0, 0.05) is 0 Å². The molecule has 0 bridgehead atoms. The first-order valence-electron chi connectivity index (χ1n) is 5.05. The predicted octanol–water partition coefficient (Wildman–Crippen LogP) is 4.42. The Hall–Kier alpha value is -0.730. The monoisotopic (exact) mass is 369 g/mol. The van der Waals surface area contributed by atoms with Crippen LogP contribution in [0, 0.1) is 0 Å². The smallest absolute Gasteiger partial charge is 0.313 e. The number of hydrogen-bond donors (Lipinski definition) is 2. The average molecular weight is 371 g/mol. The van der Waals surface area contributed by atoms with Crippen LogP contribution in [0.4, 0.5) is 10.8 Å². The van der Waals surface area contributed by atoms with Crippen molar-refractivity contribution in [1.29, 1.82) is 0 Å². The van der Waals surface area contributed by atoms with Crippen LogP contribution in [0.1, 0.15) is 0 Å². The third-order valence-corrected chi connectivity index (χ3v) is 4.97. The minimum Gasteiger partial charge on any atom is -0.481 e. The molecule has 2 N–H and O–H groups in total. The molecule has 1 heterocycles. The number of hydrogen-bond acceptors (Lipinski definition) is 6. The van der Waals surface area contributed by atoms with Gasteiger partial charge in [0.2, 0.25) is 5.13 Å². The Balaban J connectivity index is 2.10. The predicted molar refractivity (Wildman–Crippen MR) is 83.0 cm³/mol. The maximum atomic E-state index is 10.5. The number of aliphatic carboxylic acids is 1. The maximum Gasteiger partial charge on any atom is 0.313 e. The molecule has 0 aliphatic carbocycles. The standard InChI is InChI=1S/C10H6Cl3N3O2S2/c11-4-1-6(13)7(2-5(4)12)14-9-15-16-10(20-9)19-3-8(17)18/h1-2H,3H2,(H,14,15)(H,17,18). The van der Waals surface area contributed by atoms with Crippen molar-refractivity contribution in [1.82, 2.24) is 10.2 Å². The van der Waals surface area contributed by atoms with E-state index in [0.717, 1.165) is 11.8 Å². The van der Waals surface area contributed by atoms with E-state index in [9.17, 15) is 4.79 Å². The molecule has 0 amide bonds. The molecule has 0 spiro atoms. The van der Waals surface area contributed by atoms with Gasteiger partial charge in [-0.25, -0.2) is 0 Å². The molecular formula is C10H6Cl3N3O2S2. The second kappa shape index (κ2) is 6.82. The molecule has 0 aliphatic rings. The highest BCUT2D eigenvalue weighted by Gasteiger charge is 2.10. The van der Waals surface area contributed by atoms with Crippen LogP contribution < -0.4 is 5.32 Å². The van der Waals surface area contributed by atoms with E-state index >= 15 is 0 Å². The van der Waals surface area contributed by atoms with Crippen LogP contribution in [0.2, 0.25) is 15.1 Å². The number of nitrogens with one attached hydrogen (secondary N) is 1. The van der Waals surface area contributed by atoms with Crippen molar-refractivity contribution < 1.29 is 9.90 Å². The fourth-order valence-corrected chi connectivity index (χ4v) is 3.25. The molecule has 106 valence electrons. The number of carboxylic acid groups (broad SMARTS) is 1. The van der Waals surface area contributed by atoms with E-state index in [0.29, 0.717) is 30.2 Å². The summed E-state index contributed by atoms with van der Waals surface area (Å²) in [6, 6.07) is 3.10.